The molecule has 0 radical (unpaired) electrons. The highest BCUT2D eigenvalue weighted by atomic mass is 127. The van der Waals surface area contributed by atoms with Crippen LogP contribution in [0.25, 0.3) is 5.57 Å². The molecule has 0 saturated heterocycles. The maximum absolute atomic E-state index is 3.57. The summed E-state index contributed by atoms with van der Waals surface area (Å²) >= 11 is 12.1. The fourth-order valence-electron chi connectivity index (χ4n) is 1.60. The van der Waals surface area contributed by atoms with Crippen LogP contribution in [0.4, 0.5) is 0 Å². The molecule has 1 aromatic rings. The first-order valence-corrected chi connectivity index (χ1v) is 8.44. The number of halogens is 4. The zero-order chi connectivity index (χ0) is 11.8. The lowest BCUT2D eigenvalue weighted by atomic mass is 9.97. The van der Waals surface area contributed by atoms with Gasteiger partial charge in [0, 0.05) is 10.9 Å². The number of hydrogen-bond acceptors (Lipinski definition) is 0. The van der Waals surface area contributed by atoms with Gasteiger partial charge in [-0.3, -0.25) is 0 Å². The molecule has 1 aromatic carbocycles. The van der Waals surface area contributed by atoms with Crippen molar-refractivity contribution in [1.29, 1.82) is 0 Å². The molecule has 0 spiro atoms. The topological polar surface area (TPSA) is 0 Å². The van der Waals surface area contributed by atoms with Crippen LogP contribution >= 0.6 is 77.0 Å². The van der Waals surface area contributed by atoms with E-state index >= 15 is 0 Å². The van der Waals surface area contributed by atoms with Crippen LogP contribution in [0.1, 0.15) is 12.0 Å². The quantitative estimate of drug-likeness (QED) is 0.286. The second-order valence-electron chi connectivity index (χ2n) is 3.58. The van der Waals surface area contributed by atoms with Gasteiger partial charge in [0.25, 0.3) is 0 Å². The molecule has 16 heavy (non-hydrogen) atoms. The summed E-state index contributed by atoms with van der Waals surface area (Å²) < 4.78 is 2.52. The van der Waals surface area contributed by atoms with Gasteiger partial charge in [-0.25, -0.2) is 0 Å². The van der Waals surface area contributed by atoms with E-state index in [2.05, 4.69) is 113 Å². The summed E-state index contributed by atoms with van der Waals surface area (Å²) in [6.45, 7) is 0. The minimum atomic E-state index is 0.136. The average molecular weight is 566 g/mol. The molecule has 0 aromatic heterocycles. The van der Waals surface area contributed by atoms with Gasteiger partial charge in [-0.15, -0.1) is 0 Å². The zero-order valence-corrected chi connectivity index (χ0v) is 15.7. The van der Waals surface area contributed by atoms with Crippen molar-refractivity contribution >= 4 is 82.6 Å². The standard InChI is InChI=1S/C12H8Br2I2/c13-9-3-1-8(2-4-9)11-6-5-10(14)7-12(11,15)16/h1-6H,7H2. The van der Waals surface area contributed by atoms with Crippen LogP contribution in [-0.4, -0.2) is 1.43 Å². The Labute approximate surface area is 139 Å². The van der Waals surface area contributed by atoms with Gasteiger partial charge in [0.2, 0.25) is 0 Å². The summed E-state index contributed by atoms with van der Waals surface area (Å²) in [5, 5.41) is 0. The second-order valence-corrected chi connectivity index (χ2v) is 11.3. The first-order valence-electron chi connectivity index (χ1n) is 4.70. The van der Waals surface area contributed by atoms with Gasteiger partial charge < -0.3 is 0 Å². The molecule has 0 bridgehead atoms. The van der Waals surface area contributed by atoms with E-state index in [1.165, 1.54) is 15.6 Å². The van der Waals surface area contributed by atoms with E-state index in [9.17, 15) is 0 Å². The van der Waals surface area contributed by atoms with Crippen LogP contribution in [0.15, 0.2) is 45.4 Å². The molecule has 84 valence electrons. The third-order valence-corrected chi connectivity index (χ3v) is 5.37. The monoisotopic (exact) mass is 564 g/mol. The molecule has 0 unspecified atom stereocenters. The van der Waals surface area contributed by atoms with Crippen molar-refractivity contribution in [2.75, 3.05) is 0 Å². The molecule has 0 fully saturated rings. The third-order valence-electron chi connectivity index (χ3n) is 2.37. The van der Waals surface area contributed by atoms with E-state index in [0.717, 1.165) is 10.9 Å². The molecular formula is C12H8Br2I2. The fourth-order valence-corrected chi connectivity index (χ4v) is 5.27. The molecule has 0 aliphatic heterocycles. The van der Waals surface area contributed by atoms with Gasteiger partial charge in [-0.2, -0.15) is 0 Å². The largest absolute Gasteiger partial charge is 0.103 e. The van der Waals surface area contributed by atoms with Crippen molar-refractivity contribution in [1.82, 2.24) is 0 Å². The maximum Gasteiger partial charge on any atom is 0.103 e. The van der Waals surface area contributed by atoms with Gasteiger partial charge in [0.05, 0.1) is 0 Å². The highest BCUT2D eigenvalue weighted by molar-refractivity contribution is 14.2. The summed E-state index contributed by atoms with van der Waals surface area (Å²) in [5.41, 5.74) is 2.67. The fraction of sp³-hybridized carbons (Fsp3) is 0.167. The van der Waals surface area contributed by atoms with Gasteiger partial charge >= 0.3 is 0 Å². The SMILES string of the molecule is BrC1=CC=C(c2ccc(Br)cc2)C(I)(I)C1. The molecule has 0 N–H and O–H groups in total. The van der Waals surface area contributed by atoms with Gasteiger partial charge in [-0.05, 0) is 27.8 Å². The van der Waals surface area contributed by atoms with Crippen molar-refractivity contribution in [2.45, 2.75) is 7.85 Å². The van der Waals surface area contributed by atoms with Crippen molar-refractivity contribution in [3.8, 4) is 0 Å². The summed E-state index contributed by atoms with van der Waals surface area (Å²) in [5.74, 6) is 0. The Morgan fingerprint density at radius 1 is 1.00 bits per heavy atom. The van der Waals surface area contributed by atoms with E-state index in [4.69, 9.17) is 0 Å². The lowest BCUT2D eigenvalue weighted by molar-refractivity contribution is 1.07. The molecule has 1 aliphatic carbocycles. The van der Waals surface area contributed by atoms with Crippen LogP contribution in [0.3, 0.4) is 0 Å². The van der Waals surface area contributed by atoms with Crippen molar-refractivity contribution < 1.29 is 0 Å². The van der Waals surface area contributed by atoms with Crippen LogP contribution in [0.2, 0.25) is 0 Å². The number of benzene rings is 1. The number of allylic oxidation sites excluding steroid dienone is 4. The van der Waals surface area contributed by atoms with Gasteiger partial charge in [0.1, 0.15) is 1.43 Å². The number of alkyl halides is 2. The van der Waals surface area contributed by atoms with Crippen molar-refractivity contribution in [3.63, 3.8) is 0 Å². The Hall–Kier alpha value is 1.12. The molecule has 0 nitrogen and oxygen atoms in total. The minimum Gasteiger partial charge on any atom is -0.0615 e. The highest BCUT2D eigenvalue weighted by Gasteiger charge is 2.31. The Kier molecular flexibility index (Phi) is 4.57. The predicted octanol–water partition coefficient (Wildman–Crippen LogP) is 6.08. The Balaban J connectivity index is 2.43. The van der Waals surface area contributed by atoms with Crippen LogP contribution in [-0.2, 0) is 0 Å². The van der Waals surface area contributed by atoms with Crippen LogP contribution < -0.4 is 0 Å². The van der Waals surface area contributed by atoms with Crippen LogP contribution in [0, 0.1) is 0 Å². The zero-order valence-electron chi connectivity index (χ0n) is 8.18. The van der Waals surface area contributed by atoms with E-state index < -0.39 is 0 Å². The second kappa shape index (κ2) is 5.40. The normalized spacial score (nSPS) is 19.0. The first-order chi connectivity index (χ1) is 7.49. The van der Waals surface area contributed by atoms with E-state index in [1.807, 2.05) is 0 Å². The van der Waals surface area contributed by atoms with Crippen LogP contribution in [0.5, 0.6) is 0 Å². The predicted molar refractivity (Wildman–Crippen MR) is 94.5 cm³/mol. The molecule has 0 atom stereocenters. The first kappa shape index (κ1) is 13.5. The lowest BCUT2D eigenvalue weighted by Crippen LogP contribution is -2.16. The molecule has 0 amide bonds. The molecule has 0 saturated carbocycles. The lowest BCUT2D eigenvalue weighted by Gasteiger charge is -2.27. The van der Waals surface area contributed by atoms with E-state index in [1.54, 1.807) is 0 Å². The number of hydrogen-bond donors (Lipinski definition) is 0. The summed E-state index contributed by atoms with van der Waals surface area (Å²) in [6.07, 6.45) is 5.39. The Bertz CT molecular complexity index is 458. The summed E-state index contributed by atoms with van der Waals surface area (Å²) in [4.78, 5) is 0. The Morgan fingerprint density at radius 2 is 1.62 bits per heavy atom. The third kappa shape index (κ3) is 3.11. The highest BCUT2D eigenvalue weighted by Crippen LogP contribution is 2.49. The summed E-state index contributed by atoms with van der Waals surface area (Å²) in [7, 11) is 0. The molecule has 0 heterocycles. The molecule has 1 aliphatic rings. The minimum absolute atomic E-state index is 0.136. The van der Waals surface area contributed by atoms with Gasteiger partial charge in [-0.1, -0.05) is 101 Å². The smallest absolute Gasteiger partial charge is 0.0615 e. The van der Waals surface area contributed by atoms with Gasteiger partial charge in [0.15, 0.2) is 0 Å². The Morgan fingerprint density at radius 3 is 2.19 bits per heavy atom. The summed E-state index contributed by atoms with van der Waals surface area (Å²) in [6, 6.07) is 8.50. The number of rotatable bonds is 1. The van der Waals surface area contributed by atoms with Crippen molar-refractivity contribution in [3.05, 3.63) is 50.9 Å². The molecule has 4 heteroatoms. The van der Waals surface area contributed by atoms with E-state index in [0.29, 0.717) is 0 Å². The van der Waals surface area contributed by atoms with E-state index in [-0.39, 0.29) is 1.43 Å². The average Bonchev–Trinajstić information content (AvgIpc) is 2.18. The van der Waals surface area contributed by atoms with Crippen molar-refractivity contribution in [2.24, 2.45) is 0 Å². The maximum atomic E-state index is 3.57. The molecule has 2 rings (SSSR count). The molecular weight excluding hydrogens is 558 g/mol.